The Morgan fingerprint density at radius 3 is 2.60 bits per heavy atom. The van der Waals surface area contributed by atoms with Crippen molar-refractivity contribution in [1.29, 1.82) is 0 Å². The van der Waals surface area contributed by atoms with Gasteiger partial charge in [-0.1, -0.05) is 0 Å². The average Bonchev–Trinajstić information content (AvgIpc) is 2.34. The maximum Gasteiger partial charge on any atom is 0.0174 e. The number of nitrogens with zero attached hydrogens (tertiary/aromatic N) is 2. The van der Waals surface area contributed by atoms with E-state index in [0.717, 1.165) is 19.0 Å². The number of nitrogens with two attached hydrogens (primary N) is 1. The maximum absolute atomic E-state index is 5.55. The molecule has 0 spiro atoms. The molecule has 1 saturated heterocycles. The minimum absolute atomic E-state index is 0.724. The molecule has 0 saturated carbocycles. The lowest BCUT2D eigenvalue weighted by molar-refractivity contribution is 0.0495. The van der Waals surface area contributed by atoms with Crippen molar-refractivity contribution in [2.45, 2.75) is 6.42 Å². The summed E-state index contributed by atoms with van der Waals surface area (Å²) >= 11 is 0. The van der Waals surface area contributed by atoms with Crippen LogP contribution in [0.4, 0.5) is 0 Å². The van der Waals surface area contributed by atoms with Gasteiger partial charge < -0.3 is 5.73 Å². The molecule has 0 amide bonds. The van der Waals surface area contributed by atoms with Crippen molar-refractivity contribution in [2.75, 3.05) is 33.7 Å². The number of hydrogen-bond acceptors (Lipinski definition) is 3. The van der Waals surface area contributed by atoms with Gasteiger partial charge in [-0.3, -0.25) is 0 Å². The first-order valence-corrected chi connectivity index (χ1v) is 3.86. The molecule has 1 unspecified atom stereocenters. The molecule has 1 heterocycles. The molecule has 60 valence electrons. The third-order valence-electron chi connectivity index (χ3n) is 2.16. The van der Waals surface area contributed by atoms with Crippen LogP contribution in [0.15, 0.2) is 0 Å². The summed E-state index contributed by atoms with van der Waals surface area (Å²) in [6.07, 6.45) is 1.26. The van der Waals surface area contributed by atoms with Gasteiger partial charge in [0, 0.05) is 27.2 Å². The van der Waals surface area contributed by atoms with Crippen LogP contribution < -0.4 is 5.73 Å². The summed E-state index contributed by atoms with van der Waals surface area (Å²) < 4.78 is 0. The first-order chi connectivity index (χ1) is 4.74. The molecule has 10 heavy (non-hydrogen) atoms. The van der Waals surface area contributed by atoms with Crippen LogP contribution in [0.25, 0.3) is 0 Å². The standard InChI is InChI=1S/C7H17N3/c1-9(2)10-4-3-7(5-8)6-10/h7H,3-6,8H2,1-2H3. The molecular formula is C7H17N3. The number of hydrazine groups is 1. The van der Waals surface area contributed by atoms with Gasteiger partial charge in [0.2, 0.25) is 0 Å². The van der Waals surface area contributed by atoms with Crippen LogP contribution in [-0.4, -0.2) is 43.7 Å². The molecule has 2 N–H and O–H groups in total. The van der Waals surface area contributed by atoms with Crippen molar-refractivity contribution in [3.8, 4) is 0 Å². The van der Waals surface area contributed by atoms with E-state index in [4.69, 9.17) is 5.73 Å². The number of rotatable bonds is 2. The molecule has 3 nitrogen and oxygen atoms in total. The highest BCUT2D eigenvalue weighted by Crippen LogP contribution is 2.14. The summed E-state index contributed by atoms with van der Waals surface area (Å²) in [5.74, 6) is 0.724. The zero-order valence-electron chi connectivity index (χ0n) is 6.88. The monoisotopic (exact) mass is 143 g/mol. The first-order valence-electron chi connectivity index (χ1n) is 3.86. The molecule has 1 fully saturated rings. The number of hydrogen-bond donors (Lipinski definition) is 1. The summed E-state index contributed by atoms with van der Waals surface area (Å²) in [5.41, 5.74) is 5.55. The fourth-order valence-corrected chi connectivity index (χ4v) is 1.37. The van der Waals surface area contributed by atoms with E-state index in [1.165, 1.54) is 13.0 Å². The largest absolute Gasteiger partial charge is 0.330 e. The first kappa shape index (κ1) is 7.98. The average molecular weight is 143 g/mol. The van der Waals surface area contributed by atoms with E-state index in [1.807, 2.05) is 0 Å². The molecule has 0 bridgehead atoms. The minimum Gasteiger partial charge on any atom is -0.330 e. The summed E-state index contributed by atoms with van der Waals surface area (Å²) in [7, 11) is 4.16. The molecule has 3 heteroatoms. The second-order valence-electron chi connectivity index (χ2n) is 3.15. The lowest BCUT2D eigenvalue weighted by Gasteiger charge is -2.23. The zero-order valence-corrected chi connectivity index (χ0v) is 6.88. The summed E-state index contributed by atoms with van der Waals surface area (Å²) in [4.78, 5) is 0. The van der Waals surface area contributed by atoms with E-state index in [0.29, 0.717) is 0 Å². The Morgan fingerprint density at radius 1 is 1.60 bits per heavy atom. The molecule has 1 aliphatic heterocycles. The molecule has 0 aromatic carbocycles. The smallest absolute Gasteiger partial charge is 0.0174 e. The highest BCUT2D eigenvalue weighted by molar-refractivity contribution is 4.72. The van der Waals surface area contributed by atoms with Gasteiger partial charge in [-0.15, -0.1) is 0 Å². The maximum atomic E-state index is 5.55. The molecule has 0 aromatic rings. The van der Waals surface area contributed by atoms with Crippen molar-refractivity contribution in [3.63, 3.8) is 0 Å². The van der Waals surface area contributed by atoms with E-state index >= 15 is 0 Å². The van der Waals surface area contributed by atoms with Gasteiger partial charge in [-0.05, 0) is 18.9 Å². The van der Waals surface area contributed by atoms with Crippen LogP contribution in [-0.2, 0) is 0 Å². The second kappa shape index (κ2) is 3.32. The highest BCUT2D eigenvalue weighted by Gasteiger charge is 2.21. The Labute approximate surface area is 62.8 Å². The summed E-state index contributed by atoms with van der Waals surface area (Å²) in [6.45, 7) is 3.16. The van der Waals surface area contributed by atoms with Gasteiger partial charge >= 0.3 is 0 Å². The molecule has 1 rings (SSSR count). The molecular weight excluding hydrogens is 126 g/mol. The fraction of sp³-hybridized carbons (Fsp3) is 1.00. The SMILES string of the molecule is CN(C)N1CCC(CN)C1. The van der Waals surface area contributed by atoms with Crippen LogP contribution >= 0.6 is 0 Å². The lowest BCUT2D eigenvalue weighted by atomic mass is 10.1. The van der Waals surface area contributed by atoms with Gasteiger partial charge in [-0.2, -0.15) is 0 Å². The predicted octanol–water partition coefficient (Wildman–Crippen LogP) is -0.256. The van der Waals surface area contributed by atoms with Crippen LogP contribution in [0.1, 0.15) is 6.42 Å². The van der Waals surface area contributed by atoms with Crippen LogP contribution in [0.5, 0.6) is 0 Å². The summed E-state index contributed by atoms with van der Waals surface area (Å²) in [5, 5.41) is 4.48. The van der Waals surface area contributed by atoms with Crippen molar-refractivity contribution in [2.24, 2.45) is 11.7 Å². The quantitative estimate of drug-likeness (QED) is 0.578. The molecule has 0 aliphatic carbocycles. The van der Waals surface area contributed by atoms with Crippen molar-refractivity contribution >= 4 is 0 Å². The fourth-order valence-electron chi connectivity index (χ4n) is 1.37. The van der Waals surface area contributed by atoms with Crippen molar-refractivity contribution in [3.05, 3.63) is 0 Å². The minimum atomic E-state index is 0.724. The van der Waals surface area contributed by atoms with E-state index < -0.39 is 0 Å². The highest BCUT2D eigenvalue weighted by atomic mass is 15.6. The van der Waals surface area contributed by atoms with E-state index in [2.05, 4.69) is 24.1 Å². The van der Waals surface area contributed by atoms with Crippen LogP contribution in [0.3, 0.4) is 0 Å². The Kier molecular flexibility index (Phi) is 2.65. The topological polar surface area (TPSA) is 32.5 Å². The Bertz CT molecular complexity index is 103. The Morgan fingerprint density at radius 2 is 2.30 bits per heavy atom. The third-order valence-corrected chi connectivity index (χ3v) is 2.16. The van der Waals surface area contributed by atoms with Gasteiger partial charge in [0.15, 0.2) is 0 Å². The molecule has 0 aromatic heterocycles. The van der Waals surface area contributed by atoms with Crippen molar-refractivity contribution < 1.29 is 0 Å². The van der Waals surface area contributed by atoms with Gasteiger partial charge in [0.25, 0.3) is 0 Å². The van der Waals surface area contributed by atoms with E-state index in [1.54, 1.807) is 0 Å². The van der Waals surface area contributed by atoms with E-state index in [9.17, 15) is 0 Å². The molecule has 0 radical (unpaired) electrons. The van der Waals surface area contributed by atoms with Gasteiger partial charge in [-0.25, -0.2) is 10.0 Å². The normalized spacial score (nSPS) is 28.2. The Hall–Kier alpha value is -0.120. The lowest BCUT2D eigenvalue weighted by Crippen LogP contribution is -2.35. The molecule has 1 atom stereocenters. The third kappa shape index (κ3) is 1.68. The zero-order chi connectivity index (χ0) is 7.56. The van der Waals surface area contributed by atoms with Crippen LogP contribution in [0.2, 0.25) is 0 Å². The predicted molar refractivity (Wildman–Crippen MR) is 42.4 cm³/mol. The van der Waals surface area contributed by atoms with E-state index in [-0.39, 0.29) is 0 Å². The Balaban J connectivity index is 2.28. The van der Waals surface area contributed by atoms with Gasteiger partial charge in [0.1, 0.15) is 0 Å². The summed E-state index contributed by atoms with van der Waals surface area (Å²) in [6, 6.07) is 0. The van der Waals surface area contributed by atoms with Crippen LogP contribution in [0, 0.1) is 5.92 Å². The van der Waals surface area contributed by atoms with Gasteiger partial charge in [0.05, 0.1) is 0 Å². The second-order valence-corrected chi connectivity index (χ2v) is 3.15. The van der Waals surface area contributed by atoms with Crippen molar-refractivity contribution in [1.82, 2.24) is 10.0 Å². The molecule has 1 aliphatic rings.